The van der Waals surface area contributed by atoms with Crippen LogP contribution in [0.5, 0.6) is 0 Å². The molecule has 1 aliphatic heterocycles. The minimum absolute atomic E-state index is 0.0306. The highest BCUT2D eigenvalue weighted by Gasteiger charge is 2.38. The normalized spacial score (nSPS) is 22.2. The maximum Gasteiger partial charge on any atom is 0.276 e. The van der Waals surface area contributed by atoms with E-state index in [9.17, 15) is 13.2 Å². The van der Waals surface area contributed by atoms with Gasteiger partial charge in [0.25, 0.3) is 5.91 Å². The first kappa shape index (κ1) is 17.3. The van der Waals surface area contributed by atoms with Crippen molar-refractivity contribution in [3.63, 3.8) is 0 Å². The molecule has 1 aliphatic carbocycles. The van der Waals surface area contributed by atoms with Gasteiger partial charge in [-0.2, -0.15) is 5.10 Å². The van der Waals surface area contributed by atoms with Crippen molar-refractivity contribution in [3.05, 3.63) is 35.0 Å². The van der Waals surface area contributed by atoms with Crippen molar-refractivity contribution in [1.82, 2.24) is 19.8 Å². The molecular formula is C17H22N4O4S. The average Bonchev–Trinajstić information content (AvgIpc) is 3.27. The van der Waals surface area contributed by atoms with Gasteiger partial charge in [0.2, 0.25) is 0 Å². The Morgan fingerprint density at radius 1 is 1.35 bits per heavy atom. The molecule has 0 bridgehead atoms. The molecule has 0 saturated carbocycles. The molecule has 0 radical (unpaired) electrons. The minimum atomic E-state index is -3.20. The second-order valence-corrected chi connectivity index (χ2v) is 9.13. The molecule has 0 N–H and O–H groups in total. The Labute approximate surface area is 152 Å². The third-order valence-electron chi connectivity index (χ3n) is 5.21. The zero-order valence-corrected chi connectivity index (χ0v) is 15.5. The molecule has 4 rings (SSSR count). The SMILES string of the molecule is CCn1cc([C@H]2CS(=O)(=O)CCN2C(=O)c2noc3c2CCCC3)cn1. The molecule has 1 fully saturated rings. The first-order valence-corrected chi connectivity index (χ1v) is 10.8. The molecule has 3 heterocycles. The predicted octanol–water partition coefficient (Wildman–Crippen LogP) is 1.38. The summed E-state index contributed by atoms with van der Waals surface area (Å²) in [4.78, 5) is 14.8. The first-order chi connectivity index (χ1) is 12.5. The Morgan fingerprint density at radius 2 is 2.15 bits per heavy atom. The molecule has 1 atom stereocenters. The number of rotatable bonds is 3. The monoisotopic (exact) mass is 378 g/mol. The van der Waals surface area contributed by atoms with Gasteiger partial charge in [-0.1, -0.05) is 5.16 Å². The third kappa shape index (κ3) is 3.04. The highest BCUT2D eigenvalue weighted by Crippen LogP contribution is 2.31. The van der Waals surface area contributed by atoms with Crippen LogP contribution in [0, 0.1) is 0 Å². The van der Waals surface area contributed by atoms with Gasteiger partial charge < -0.3 is 9.42 Å². The van der Waals surface area contributed by atoms with Crippen LogP contribution in [0.3, 0.4) is 0 Å². The number of nitrogens with zero attached hydrogens (tertiary/aromatic N) is 4. The van der Waals surface area contributed by atoms with E-state index in [0.717, 1.165) is 42.6 Å². The number of amides is 1. The van der Waals surface area contributed by atoms with E-state index < -0.39 is 15.9 Å². The summed E-state index contributed by atoms with van der Waals surface area (Å²) in [5.41, 5.74) is 1.96. The summed E-state index contributed by atoms with van der Waals surface area (Å²) in [5.74, 6) is 0.423. The average molecular weight is 378 g/mol. The van der Waals surface area contributed by atoms with E-state index >= 15 is 0 Å². The molecule has 2 aromatic rings. The highest BCUT2D eigenvalue weighted by atomic mass is 32.2. The van der Waals surface area contributed by atoms with E-state index in [0.29, 0.717) is 12.2 Å². The van der Waals surface area contributed by atoms with Gasteiger partial charge in [0.05, 0.1) is 23.7 Å². The van der Waals surface area contributed by atoms with Crippen molar-refractivity contribution in [3.8, 4) is 0 Å². The Morgan fingerprint density at radius 3 is 2.92 bits per heavy atom. The topological polar surface area (TPSA) is 98.3 Å². The van der Waals surface area contributed by atoms with Crippen LogP contribution in [0.4, 0.5) is 0 Å². The Balaban J connectivity index is 1.68. The molecule has 2 aliphatic rings. The summed E-state index contributed by atoms with van der Waals surface area (Å²) >= 11 is 0. The fourth-order valence-corrected chi connectivity index (χ4v) is 5.23. The van der Waals surface area contributed by atoms with Gasteiger partial charge >= 0.3 is 0 Å². The van der Waals surface area contributed by atoms with Gasteiger partial charge in [-0.05, 0) is 26.2 Å². The molecule has 0 aromatic carbocycles. The Hall–Kier alpha value is -2.16. The molecule has 0 unspecified atom stereocenters. The Kier molecular flexibility index (Phi) is 4.34. The summed E-state index contributed by atoms with van der Waals surface area (Å²) in [7, 11) is -3.20. The largest absolute Gasteiger partial charge is 0.360 e. The zero-order valence-electron chi connectivity index (χ0n) is 14.7. The van der Waals surface area contributed by atoms with Crippen molar-refractivity contribution >= 4 is 15.7 Å². The third-order valence-corrected chi connectivity index (χ3v) is 6.84. The number of hydrogen-bond acceptors (Lipinski definition) is 6. The molecule has 0 spiro atoms. The van der Waals surface area contributed by atoms with Gasteiger partial charge in [-0.3, -0.25) is 9.48 Å². The van der Waals surface area contributed by atoms with E-state index in [4.69, 9.17) is 4.52 Å². The van der Waals surface area contributed by atoms with E-state index in [1.165, 1.54) is 0 Å². The summed E-state index contributed by atoms with van der Waals surface area (Å²) < 4.78 is 31.5. The van der Waals surface area contributed by atoms with Crippen LogP contribution in [-0.4, -0.2) is 52.2 Å². The lowest BCUT2D eigenvalue weighted by atomic mass is 9.96. The van der Waals surface area contributed by atoms with Crippen LogP contribution in [-0.2, 0) is 29.2 Å². The standard InChI is InChI=1S/C17H22N4O4S/c1-2-20-10-12(9-18-20)14-11-26(23,24)8-7-21(14)17(22)16-13-5-3-4-6-15(13)25-19-16/h9-10,14H,2-8,11H2,1H3/t14-/m1/s1. The maximum atomic E-state index is 13.2. The number of carbonyl (C=O) groups is 1. The van der Waals surface area contributed by atoms with Crippen LogP contribution < -0.4 is 0 Å². The molecule has 9 heteroatoms. The molecule has 8 nitrogen and oxygen atoms in total. The van der Waals surface area contributed by atoms with Gasteiger partial charge in [-0.25, -0.2) is 8.42 Å². The van der Waals surface area contributed by atoms with Gasteiger partial charge in [0, 0.05) is 36.8 Å². The lowest BCUT2D eigenvalue weighted by Crippen LogP contribution is -2.46. The molecule has 26 heavy (non-hydrogen) atoms. The van der Waals surface area contributed by atoms with E-state index in [1.54, 1.807) is 15.8 Å². The molecular weight excluding hydrogens is 356 g/mol. The quantitative estimate of drug-likeness (QED) is 0.800. The summed E-state index contributed by atoms with van der Waals surface area (Å²) in [6.45, 7) is 2.80. The number of aryl methyl sites for hydroxylation is 2. The zero-order chi connectivity index (χ0) is 18.3. The number of hydrogen-bond donors (Lipinski definition) is 0. The molecule has 1 amide bonds. The summed E-state index contributed by atoms with van der Waals surface area (Å²) in [5, 5.41) is 8.26. The van der Waals surface area contributed by atoms with Gasteiger partial charge in [0.15, 0.2) is 15.5 Å². The van der Waals surface area contributed by atoms with Crippen molar-refractivity contribution in [2.75, 3.05) is 18.1 Å². The lowest BCUT2D eigenvalue weighted by molar-refractivity contribution is 0.0686. The minimum Gasteiger partial charge on any atom is -0.360 e. The second-order valence-electron chi connectivity index (χ2n) is 6.90. The Bertz CT molecular complexity index is 930. The van der Waals surface area contributed by atoms with E-state index in [-0.39, 0.29) is 24.0 Å². The fraction of sp³-hybridized carbons (Fsp3) is 0.588. The highest BCUT2D eigenvalue weighted by molar-refractivity contribution is 7.91. The van der Waals surface area contributed by atoms with Gasteiger partial charge in [-0.15, -0.1) is 0 Å². The molecule has 2 aromatic heterocycles. The number of aromatic nitrogens is 3. The van der Waals surface area contributed by atoms with Crippen LogP contribution in [0.1, 0.15) is 53.2 Å². The van der Waals surface area contributed by atoms with Crippen LogP contribution in [0.15, 0.2) is 16.9 Å². The van der Waals surface area contributed by atoms with Crippen molar-refractivity contribution in [2.24, 2.45) is 0 Å². The second kappa shape index (κ2) is 6.53. The van der Waals surface area contributed by atoms with Crippen molar-refractivity contribution in [2.45, 2.75) is 45.2 Å². The maximum absolute atomic E-state index is 13.2. The van der Waals surface area contributed by atoms with E-state index in [1.807, 2.05) is 13.1 Å². The lowest BCUT2D eigenvalue weighted by Gasteiger charge is -2.34. The smallest absolute Gasteiger partial charge is 0.276 e. The molecule has 1 saturated heterocycles. The van der Waals surface area contributed by atoms with Crippen LogP contribution in [0.2, 0.25) is 0 Å². The molecule has 140 valence electrons. The van der Waals surface area contributed by atoms with E-state index in [2.05, 4.69) is 10.3 Å². The number of fused-ring (bicyclic) bond motifs is 1. The predicted molar refractivity (Wildman–Crippen MR) is 93.5 cm³/mol. The summed E-state index contributed by atoms with van der Waals surface area (Å²) in [6, 6.07) is -0.544. The first-order valence-electron chi connectivity index (χ1n) is 8.99. The van der Waals surface area contributed by atoms with Crippen LogP contribution >= 0.6 is 0 Å². The van der Waals surface area contributed by atoms with Crippen LogP contribution in [0.25, 0.3) is 0 Å². The summed E-state index contributed by atoms with van der Waals surface area (Å²) in [6.07, 6.45) is 7.09. The van der Waals surface area contributed by atoms with Crippen molar-refractivity contribution in [1.29, 1.82) is 0 Å². The van der Waals surface area contributed by atoms with Crippen molar-refractivity contribution < 1.29 is 17.7 Å². The van der Waals surface area contributed by atoms with Gasteiger partial charge in [0.1, 0.15) is 5.76 Å². The number of carbonyl (C=O) groups excluding carboxylic acids is 1. The fourth-order valence-electron chi connectivity index (χ4n) is 3.74. The number of sulfone groups is 1.